The first-order valence-electron chi connectivity index (χ1n) is 6.38. The Morgan fingerprint density at radius 1 is 1.08 bits per heavy atom. The van der Waals surface area contributed by atoms with E-state index in [1.165, 1.54) is 0 Å². The number of aromatic nitrogens is 1. The van der Waals surface area contributed by atoms with Crippen molar-refractivity contribution in [1.29, 1.82) is 0 Å². The summed E-state index contributed by atoms with van der Waals surface area (Å²) in [6, 6.07) is -0.0434. The Morgan fingerprint density at radius 2 is 1.75 bits per heavy atom. The molecule has 24 heavy (non-hydrogen) atoms. The van der Waals surface area contributed by atoms with Crippen molar-refractivity contribution in [3.8, 4) is 0 Å². The molecule has 0 saturated heterocycles. The van der Waals surface area contributed by atoms with Crippen molar-refractivity contribution in [2.24, 2.45) is 0 Å². The first-order chi connectivity index (χ1) is 11.1. The summed E-state index contributed by atoms with van der Waals surface area (Å²) in [7, 11) is -1.56. The number of benzene rings is 1. The molecule has 0 aliphatic carbocycles. The molecular formula is C14H10F6N2OS. The van der Waals surface area contributed by atoms with Crippen LogP contribution >= 0.6 is 0 Å². The lowest BCUT2D eigenvalue weighted by Crippen LogP contribution is -2.37. The Hall–Kier alpha value is -1.94. The Kier molecular flexibility index (Phi) is 5.29. The zero-order valence-corrected chi connectivity index (χ0v) is 12.8. The van der Waals surface area contributed by atoms with Crippen molar-refractivity contribution in [1.82, 2.24) is 9.29 Å². The molecule has 0 spiro atoms. The first kappa shape index (κ1) is 18.4. The van der Waals surface area contributed by atoms with Crippen LogP contribution in [-0.4, -0.2) is 26.7 Å². The van der Waals surface area contributed by atoms with Gasteiger partial charge in [-0.15, -0.1) is 0 Å². The standard InChI is InChI=1S/C14H10F6N2OS/c1-22(24(23)10-5-9(15)6-21-7-10)13(14(18,19)20)8-2-3-11(16)12(17)4-8/h2-7,13H,1H3. The highest BCUT2D eigenvalue weighted by atomic mass is 32.2. The summed E-state index contributed by atoms with van der Waals surface area (Å²) in [6.07, 6.45) is -3.18. The molecule has 130 valence electrons. The molecule has 0 saturated carbocycles. The van der Waals surface area contributed by atoms with Crippen LogP contribution in [0, 0.1) is 17.5 Å². The van der Waals surface area contributed by atoms with Gasteiger partial charge in [0.25, 0.3) is 0 Å². The number of hydrogen-bond donors (Lipinski definition) is 0. The molecule has 2 rings (SSSR count). The van der Waals surface area contributed by atoms with Gasteiger partial charge in [-0.1, -0.05) is 6.07 Å². The maximum atomic E-state index is 13.4. The topological polar surface area (TPSA) is 33.2 Å². The van der Waals surface area contributed by atoms with E-state index in [0.29, 0.717) is 16.4 Å². The molecule has 0 radical (unpaired) electrons. The zero-order valence-electron chi connectivity index (χ0n) is 12.0. The number of nitrogens with zero attached hydrogens (tertiary/aromatic N) is 2. The first-order valence-corrected chi connectivity index (χ1v) is 7.49. The van der Waals surface area contributed by atoms with Gasteiger partial charge in [0, 0.05) is 13.2 Å². The summed E-state index contributed by atoms with van der Waals surface area (Å²) in [6.45, 7) is 0. The SMILES string of the molecule is CN(C(c1ccc(F)c(F)c1)C(F)(F)F)S(=O)c1cncc(F)c1. The van der Waals surface area contributed by atoms with Gasteiger partial charge >= 0.3 is 6.18 Å². The molecule has 1 aromatic carbocycles. The second-order valence-corrected chi connectivity index (χ2v) is 6.30. The number of rotatable bonds is 4. The van der Waals surface area contributed by atoms with E-state index in [0.717, 1.165) is 31.6 Å². The fourth-order valence-electron chi connectivity index (χ4n) is 2.04. The molecule has 0 bridgehead atoms. The minimum absolute atomic E-state index is 0.297. The number of pyridine rings is 1. The normalized spacial score (nSPS) is 14.7. The third kappa shape index (κ3) is 3.93. The molecule has 10 heteroatoms. The molecule has 0 aliphatic rings. The molecule has 2 unspecified atom stereocenters. The Labute approximate surface area is 135 Å². The highest BCUT2D eigenvalue weighted by Crippen LogP contribution is 2.39. The average Bonchev–Trinajstić information content (AvgIpc) is 2.48. The predicted molar refractivity (Wildman–Crippen MR) is 73.5 cm³/mol. The summed E-state index contributed by atoms with van der Waals surface area (Å²) in [5.74, 6) is -3.64. The van der Waals surface area contributed by atoms with Crippen molar-refractivity contribution < 1.29 is 30.6 Å². The summed E-state index contributed by atoms with van der Waals surface area (Å²) in [5, 5.41) is 0. The molecule has 1 aromatic heterocycles. The van der Waals surface area contributed by atoms with Crippen molar-refractivity contribution in [3.05, 3.63) is 59.7 Å². The van der Waals surface area contributed by atoms with Gasteiger partial charge in [0.2, 0.25) is 0 Å². The zero-order chi connectivity index (χ0) is 18.1. The maximum absolute atomic E-state index is 13.4. The van der Waals surface area contributed by atoms with Crippen LogP contribution in [0.1, 0.15) is 11.6 Å². The van der Waals surface area contributed by atoms with Gasteiger partial charge in [-0.05, 0) is 23.8 Å². The lowest BCUT2D eigenvalue weighted by atomic mass is 10.1. The predicted octanol–water partition coefficient (Wildman–Crippen LogP) is 3.76. The van der Waals surface area contributed by atoms with Crippen LogP contribution in [0.3, 0.4) is 0 Å². The Morgan fingerprint density at radius 3 is 2.29 bits per heavy atom. The molecule has 3 nitrogen and oxygen atoms in total. The summed E-state index contributed by atoms with van der Waals surface area (Å²) < 4.78 is 92.1. The molecule has 2 atom stereocenters. The third-order valence-corrected chi connectivity index (χ3v) is 4.44. The van der Waals surface area contributed by atoms with E-state index in [1.54, 1.807) is 0 Å². The van der Waals surface area contributed by atoms with Crippen LogP contribution in [0.4, 0.5) is 26.3 Å². The Balaban J connectivity index is 2.44. The molecule has 2 aromatic rings. The van der Waals surface area contributed by atoms with Gasteiger partial charge < -0.3 is 0 Å². The van der Waals surface area contributed by atoms with Crippen LogP contribution in [0.2, 0.25) is 0 Å². The van der Waals surface area contributed by atoms with Crippen LogP contribution < -0.4 is 0 Å². The number of halogens is 6. The van der Waals surface area contributed by atoms with E-state index in [-0.39, 0.29) is 4.90 Å². The van der Waals surface area contributed by atoms with Gasteiger partial charge in [0.15, 0.2) is 11.6 Å². The van der Waals surface area contributed by atoms with Gasteiger partial charge in [-0.2, -0.15) is 13.2 Å². The van der Waals surface area contributed by atoms with E-state index >= 15 is 0 Å². The minimum atomic E-state index is -4.94. The van der Waals surface area contributed by atoms with E-state index in [4.69, 9.17) is 0 Å². The van der Waals surface area contributed by atoms with E-state index in [1.807, 2.05) is 0 Å². The lowest BCUT2D eigenvalue weighted by Gasteiger charge is -2.29. The van der Waals surface area contributed by atoms with E-state index < -0.39 is 46.2 Å². The van der Waals surface area contributed by atoms with Crippen molar-refractivity contribution in [3.63, 3.8) is 0 Å². The fourth-order valence-corrected chi connectivity index (χ4v) is 3.17. The van der Waals surface area contributed by atoms with E-state index in [2.05, 4.69) is 4.98 Å². The summed E-state index contributed by atoms with van der Waals surface area (Å²) >= 11 is 0. The molecule has 0 aliphatic heterocycles. The van der Waals surface area contributed by atoms with Crippen molar-refractivity contribution >= 4 is 11.0 Å². The van der Waals surface area contributed by atoms with E-state index in [9.17, 15) is 30.6 Å². The fraction of sp³-hybridized carbons (Fsp3) is 0.214. The van der Waals surface area contributed by atoms with Crippen molar-refractivity contribution in [2.75, 3.05) is 7.05 Å². The van der Waals surface area contributed by atoms with Crippen LogP contribution in [0.5, 0.6) is 0 Å². The highest BCUT2D eigenvalue weighted by molar-refractivity contribution is 7.82. The van der Waals surface area contributed by atoms with Crippen LogP contribution in [0.15, 0.2) is 41.6 Å². The third-order valence-electron chi connectivity index (χ3n) is 3.08. The largest absolute Gasteiger partial charge is 0.409 e. The Bertz CT molecular complexity index is 767. The second kappa shape index (κ2) is 6.89. The smallest absolute Gasteiger partial charge is 0.260 e. The minimum Gasteiger partial charge on any atom is -0.260 e. The number of alkyl halides is 3. The second-order valence-electron chi connectivity index (χ2n) is 4.75. The van der Waals surface area contributed by atoms with Gasteiger partial charge in [0.05, 0.1) is 11.1 Å². The van der Waals surface area contributed by atoms with Gasteiger partial charge in [-0.3, -0.25) is 4.98 Å². The monoisotopic (exact) mass is 368 g/mol. The summed E-state index contributed by atoms with van der Waals surface area (Å²) in [4.78, 5) is 3.13. The quantitative estimate of drug-likeness (QED) is 0.770. The van der Waals surface area contributed by atoms with Crippen molar-refractivity contribution in [2.45, 2.75) is 17.1 Å². The van der Waals surface area contributed by atoms with Crippen LogP contribution in [-0.2, 0) is 11.0 Å². The van der Waals surface area contributed by atoms with Crippen LogP contribution in [0.25, 0.3) is 0 Å². The molecular weight excluding hydrogens is 358 g/mol. The summed E-state index contributed by atoms with van der Waals surface area (Å²) in [5.41, 5.74) is -0.637. The van der Waals surface area contributed by atoms with Gasteiger partial charge in [0.1, 0.15) is 22.8 Å². The molecule has 1 heterocycles. The van der Waals surface area contributed by atoms with Gasteiger partial charge in [-0.25, -0.2) is 21.7 Å². The highest BCUT2D eigenvalue weighted by Gasteiger charge is 2.45. The molecule has 0 fully saturated rings. The lowest BCUT2D eigenvalue weighted by molar-refractivity contribution is -0.170. The molecule has 0 amide bonds. The number of hydrogen-bond acceptors (Lipinski definition) is 2. The maximum Gasteiger partial charge on any atom is 0.409 e. The molecule has 0 N–H and O–H groups in total. The average molecular weight is 368 g/mol.